The Hall–Kier alpha value is -2.58. The summed E-state index contributed by atoms with van der Waals surface area (Å²) < 4.78 is 44.4. The van der Waals surface area contributed by atoms with Gasteiger partial charge in [-0.3, -0.25) is 14.4 Å². The van der Waals surface area contributed by atoms with Crippen LogP contribution in [-0.2, 0) is 9.59 Å². The van der Waals surface area contributed by atoms with Gasteiger partial charge in [0, 0.05) is 31.5 Å². The van der Waals surface area contributed by atoms with Gasteiger partial charge in [-0.1, -0.05) is 0 Å². The van der Waals surface area contributed by atoms with Gasteiger partial charge in [0.15, 0.2) is 11.2 Å². The molecule has 0 bridgehead atoms. The molecule has 1 aliphatic heterocycles. The molecule has 0 spiro atoms. The predicted octanol–water partition coefficient (Wildman–Crippen LogP) is 2.91. The van der Waals surface area contributed by atoms with Crippen LogP contribution in [0.3, 0.4) is 0 Å². The van der Waals surface area contributed by atoms with Crippen molar-refractivity contribution in [2.75, 3.05) is 20.2 Å². The topological polar surface area (TPSA) is 83.9 Å². The lowest BCUT2D eigenvalue weighted by molar-refractivity contribution is -0.227. The number of likely N-dealkylation sites (tertiary alicyclic amines) is 1. The van der Waals surface area contributed by atoms with Crippen LogP contribution in [0, 0.1) is 5.41 Å². The molecule has 2 rings (SSSR count). The molecule has 6 nitrogen and oxygen atoms in total. The molecule has 1 heterocycles. The molecule has 1 aliphatic rings. The van der Waals surface area contributed by atoms with Crippen molar-refractivity contribution < 1.29 is 37.4 Å². The zero-order chi connectivity index (χ0) is 20.2. The maximum atomic E-state index is 13.1. The summed E-state index contributed by atoms with van der Waals surface area (Å²) in [5.74, 6) is -2.14. The van der Waals surface area contributed by atoms with E-state index in [1.807, 2.05) is 0 Å². The van der Waals surface area contributed by atoms with Gasteiger partial charge in [0.05, 0.1) is 7.11 Å². The standard InChI is InChI=1S/C18H20F3NO5/c1-27-13-7-5-12(6-8-13)14(23)3-2-4-15(24)22-10-9-17(11-22,16(25)26)18(19,20)21/h5-8H,2-4,9-11H2,1H3,(H,25,26). The smallest absolute Gasteiger partial charge is 0.406 e. The van der Waals surface area contributed by atoms with E-state index in [0.717, 1.165) is 4.90 Å². The Kier molecular flexibility index (Phi) is 6.12. The van der Waals surface area contributed by atoms with Gasteiger partial charge < -0.3 is 14.7 Å². The molecule has 1 fully saturated rings. The summed E-state index contributed by atoms with van der Waals surface area (Å²) in [5.41, 5.74) is -2.46. The number of aliphatic carboxylic acids is 1. The average molecular weight is 387 g/mol. The van der Waals surface area contributed by atoms with Crippen LogP contribution < -0.4 is 4.74 Å². The van der Waals surface area contributed by atoms with Crippen molar-refractivity contribution in [2.24, 2.45) is 5.41 Å². The first-order valence-corrected chi connectivity index (χ1v) is 8.36. The number of halogens is 3. The number of alkyl halides is 3. The SMILES string of the molecule is COc1ccc(C(=O)CCCC(=O)N2CCC(C(=O)O)(C(F)(F)F)C2)cc1. The van der Waals surface area contributed by atoms with E-state index < -0.39 is 36.4 Å². The fraction of sp³-hybridized carbons (Fsp3) is 0.500. The van der Waals surface area contributed by atoms with Crippen LogP contribution in [-0.4, -0.2) is 54.0 Å². The second-order valence-electron chi connectivity index (χ2n) is 6.46. The number of amides is 1. The Morgan fingerprint density at radius 1 is 1.19 bits per heavy atom. The Bertz CT molecular complexity index is 717. The number of carboxylic acids is 1. The summed E-state index contributed by atoms with van der Waals surface area (Å²) in [5, 5.41) is 9.00. The van der Waals surface area contributed by atoms with E-state index in [1.165, 1.54) is 7.11 Å². The zero-order valence-corrected chi connectivity index (χ0v) is 14.7. The van der Waals surface area contributed by atoms with E-state index in [0.29, 0.717) is 11.3 Å². The van der Waals surface area contributed by atoms with Crippen molar-refractivity contribution in [3.63, 3.8) is 0 Å². The Morgan fingerprint density at radius 3 is 2.30 bits per heavy atom. The summed E-state index contributed by atoms with van der Waals surface area (Å²) in [7, 11) is 1.50. The minimum absolute atomic E-state index is 0.0647. The maximum absolute atomic E-state index is 13.1. The van der Waals surface area contributed by atoms with Crippen LogP contribution in [0.5, 0.6) is 5.75 Å². The number of ketones is 1. The highest BCUT2D eigenvalue weighted by atomic mass is 19.4. The number of benzene rings is 1. The number of ether oxygens (including phenoxy) is 1. The number of carboxylic acid groups (broad SMARTS) is 1. The van der Waals surface area contributed by atoms with Gasteiger partial charge in [-0.05, 0) is 37.1 Å². The van der Waals surface area contributed by atoms with Crippen LogP contribution >= 0.6 is 0 Å². The molecule has 148 valence electrons. The predicted molar refractivity (Wildman–Crippen MR) is 88.5 cm³/mol. The summed E-state index contributed by atoms with van der Waals surface area (Å²) in [4.78, 5) is 36.2. The van der Waals surface area contributed by atoms with Crippen LogP contribution in [0.4, 0.5) is 13.2 Å². The molecule has 1 N–H and O–H groups in total. The fourth-order valence-electron chi connectivity index (χ4n) is 3.03. The molecule has 0 saturated carbocycles. The van der Waals surface area contributed by atoms with E-state index in [9.17, 15) is 27.6 Å². The number of carbonyl (C=O) groups is 3. The van der Waals surface area contributed by atoms with Crippen molar-refractivity contribution in [1.29, 1.82) is 0 Å². The Balaban J connectivity index is 1.87. The van der Waals surface area contributed by atoms with E-state index >= 15 is 0 Å². The van der Waals surface area contributed by atoms with Crippen molar-refractivity contribution in [3.8, 4) is 5.75 Å². The molecule has 1 atom stereocenters. The van der Waals surface area contributed by atoms with Gasteiger partial charge in [-0.2, -0.15) is 13.2 Å². The largest absolute Gasteiger partial charge is 0.497 e. The first kappa shape index (κ1) is 20.7. The summed E-state index contributed by atoms with van der Waals surface area (Å²) in [6, 6.07) is 6.44. The van der Waals surface area contributed by atoms with Crippen LogP contribution in [0.15, 0.2) is 24.3 Å². The van der Waals surface area contributed by atoms with E-state index in [2.05, 4.69) is 0 Å². The number of hydrogen-bond donors (Lipinski definition) is 1. The third kappa shape index (κ3) is 4.40. The fourth-order valence-corrected chi connectivity index (χ4v) is 3.03. The van der Waals surface area contributed by atoms with Gasteiger partial charge >= 0.3 is 12.1 Å². The molecule has 1 amide bonds. The summed E-state index contributed by atoms with van der Waals surface area (Å²) in [6.45, 7) is -1.16. The van der Waals surface area contributed by atoms with Crippen molar-refractivity contribution in [2.45, 2.75) is 31.9 Å². The molecule has 1 unspecified atom stereocenters. The van der Waals surface area contributed by atoms with Crippen molar-refractivity contribution >= 4 is 17.7 Å². The van der Waals surface area contributed by atoms with Gasteiger partial charge in [0.25, 0.3) is 0 Å². The Morgan fingerprint density at radius 2 is 1.81 bits per heavy atom. The lowest BCUT2D eigenvalue weighted by Crippen LogP contribution is -2.47. The monoisotopic (exact) mass is 387 g/mol. The number of nitrogens with zero attached hydrogens (tertiary/aromatic N) is 1. The molecule has 0 aliphatic carbocycles. The van der Waals surface area contributed by atoms with Gasteiger partial charge in [-0.25, -0.2) is 0 Å². The number of carbonyl (C=O) groups excluding carboxylic acids is 2. The average Bonchev–Trinajstić information content (AvgIpc) is 3.08. The quantitative estimate of drug-likeness (QED) is 0.728. The summed E-state index contributed by atoms with van der Waals surface area (Å²) >= 11 is 0. The molecule has 1 saturated heterocycles. The number of rotatable bonds is 7. The molecule has 0 radical (unpaired) electrons. The van der Waals surface area contributed by atoms with Crippen LogP contribution in [0.1, 0.15) is 36.0 Å². The molecule has 0 aromatic heterocycles. The Labute approximate surface area is 153 Å². The number of hydrogen-bond acceptors (Lipinski definition) is 4. The van der Waals surface area contributed by atoms with Crippen LogP contribution in [0.2, 0.25) is 0 Å². The zero-order valence-electron chi connectivity index (χ0n) is 14.7. The molecule has 9 heteroatoms. The minimum Gasteiger partial charge on any atom is -0.497 e. The normalized spacial score (nSPS) is 19.8. The molecule has 1 aromatic carbocycles. The number of methoxy groups -OCH3 is 1. The van der Waals surface area contributed by atoms with Crippen LogP contribution in [0.25, 0.3) is 0 Å². The van der Waals surface area contributed by atoms with Crippen molar-refractivity contribution in [1.82, 2.24) is 4.90 Å². The first-order valence-electron chi connectivity index (χ1n) is 8.36. The second-order valence-corrected chi connectivity index (χ2v) is 6.46. The second kappa shape index (κ2) is 7.98. The maximum Gasteiger partial charge on any atom is 0.406 e. The third-order valence-electron chi connectivity index (χ3n) is 4.78. The van der Waals surface area contributed by atoms with Crippen molar-refractivity contribution in [3.05, 3.63) is 29.8 Å². The minimum atomic E-state index is -4.93. The molecule has 27 heavy (non-hydrogen) atoms. The highest BCUT2D eigenvalue weighted by Gasteiger charge is 2.64. The van der Waals surface area contributed by atoms with Gasteiger partial charge in [0.1, 0.15) is 5.75 Å². The van der Waals surface area contributed by atoms with E-state index in [4.69, 9.17) is 9.84 Å². The van der Waals surface area contributed by atoms with E-state index in [-0.39, 0.29) is 31.6 Å². The highest BCUT2D eigenvalue weighted by Crippen LogP contribution is 2.45. The lowest BCUT2D eigenvalue weighted by atomic mass is 9.86. The van der Waals surface area contributed by atoms with Gasteiger partial charge in [0.2, 0.25) is 5.91 Å². The highest BCUT2D eigenvalue weighted by molar-refractivity contribution is 5.96. The first-order chi connectivity index (χ1) is 12.6. The molecular formula is C18H20F3NO5. The third-order valence-corrected chi connectivity index (χ3v) is 4.78. The summed E-state index contributed by atoms with van der Waals surface area (Å²) in [6.07, 6.45) is -5.47. The van der Waals surface area contributed by atoms with Gasteiger partial charge in [-0.15, -0.1) is 0 Å². The number of Topliss-reactive ketones (excluding diaryl/α,β-unsaturated/α-hetero) is 1. The molecule has 1 aromatic rings. The lowest BCUT2D eigenvalue weighted by Gasteiger charge is -2.27. The van der Waals surface area contributed by atoms with E-state index in [1.54, 1.807) is 24.3 Å². The molecular weight excluding hydrogens is 367 g/mol.